The van der Waals surface area contributed by atoms with Crippen LogP contribution in [0.25, 0.3) is 11.5 Å². The molecule has 6 heteroatoms. The highest BCUT2D eigenvalue weighted by Gasteiger charge is 2.29. The van der Waals surface area contributed by atoms with E-state index in [1.54, 1.807) is 0 Å². The van der Waals surface area contributed by atoms with Gasteiger partial charge in [0.25, 0.3) is 0 Å². The molecule has 0 radical (unpaired) electrons. The lowest BCUT2D eigenvalue weighted by Crippen LogP contribution is -2.54. The molecule has 4 rings (SSSR count). The molecule has 0 spiro atoms. The van der Waals surface area contributed by atoms with Crippen LogP contribution in [0.4, 0.5) is 6.01 Å². The van der Waals surface area contributed by atoms with Crippen LogP contribution in [-0.2, 0) is 0 Å². The largest absolute Gasteiger partial charge is 0.403 e. The average molecular weight is 384 g/mol. The molecular formula is C22H33N5O. The van der Waals surface area contributed by atoms with Gasteiger partial charge in [-0.15, -0.1) is 5.10 Å². The Kier molecular flexibility index (Phi) is 5.69. The summed E-state index contributed by atoms with van der Waals surface area (Å²) in [7, 11) is 0. The summed E-state index contributed by atoms with van der Waals surface area (Å²) in [6, 6.07) is 8.34. The lowest BCUT2D eigenvalue weighted by molar-refractivity contribution is 0.0689. The average Bonchev–Trinajstić information content (AvgIpc) is 3.18. The van der Waals surface area contributed by atoms with Gasteiger partial charge in [-0.2, -0.15) is 0 Å². The molecule has 2 aliphatic heterocycles. The normalized spacial score (nSPS) is 20.2. The third-order valence-corrected chi connectivity index (χ3v) is 6.36. The number of piperazine rings is 1. The first-order chi connectivity index (χ1) is 13.5. The van der Waals surface area contributed by atoms with Crippen molar-refractivity contribution in [2.75, 3.05) is 44.2 Å². The first-order valence-electron chi connectivity index (χ1n) is 10.7. The van der Waals surface area contributed by atoms with Crippen LogP contribution in [0.2, 0.25) is 0 Å². The lowest BCUT2D eigenvalue weighted by atomic mass is 10.0. The molecule has 2 fully saturated rings. The fourth-order valence-corrected chi connectivity index (χ4v) is 4.55. The molecule has 152 valence electrons. The fraction of sp³-hybridized carbons (Fsp3) is 0.636. The van der Waals surface area contributed by atoms with Gasteiger partial charge >= 0.3 is 6.01 Å². The van der Waals surface area contributed by atoms with Crippen molar-refractivity contribution >= 4 is 6.01 Å². The first-order valence-corrected chi connectivity index (χ1v) is 10.7. The Balaban J connectivity index is 1.34. The highest BCUT2D eigenvalue weighted by Crippen LogP contribution is 2.28. The fourth-order valence-electron chi connectivity index (χ4n) is 4.55. The van der Waals surface area contributed by atoms with E-state index in [-0.39, 0.29) is 0 Å². The Hall–Kier alpha value is -1.92. The van der Waals surface area contributed by atoms with E-state index < -0.39 is 0 Å². The number of hydrogen-bond acceptors (Lipinski definition) is 6. The Morgan fingerprint density at radius 3 is 2.32 bits per heavy atom. The molecule has 28 heavy (non-hydrogen) atoms. The van der Waals surface area contributed by atoms with Crippen molar-refractivity contribution in [2.24, 2.45) is 0 Å². The molecule has 1 aromatic carbocycles. The topological polar surface area (TPSA) is 48.6 Å². The quantitative estimate of drug-likeness (QED) is 0.807. The number of hydrogen-bond donors (Lipinski definition) is 0. The minimum atomic E-state index is 0.624. The summed E-state index contributed by atoms with van der Waals surface area (Å²) >= 11 is 0. The molecule has 0 aliphatic carbocycles. The molecule has 2 aliphatic rings. The summed E-state index contributed by atoms with van der Waals surface area (Å²) in [5.41, 5.74) is 3.45. The molecule has 0 N–H and O–H groups in total. The Morgan fingerprint density at radius 2 is 1.68 bits per heavy atom. The Bertz CT molecular complexity index is 786. The number of piperidine rings is 1. The molecule has 0 unspecified atom stereocenters. The maximum absolute atomic E-state index is 6.03. The molecule has 0 amide bonds. The lowest BCUT2D eigenvalue weighted by Gasteiger charge is -2.43. The van der Waals surface area contributed by atoms with Crippen molar-refractivity contribution in [3.8, 4) is 11.5 Å². The minimum Gasteiger partial charge on any atom is -0.403 e. The van der Waals surface area contributed by atoms with E-state index in [9.17, 15) is 0 Å². The zero-order valence-electron chi connectivity index (χ0n) is 17.7. The second-order valence-corrected chi connectivity index (χ2v) is 8.59. The van der Waals surface area contributed by atoms with Crippen LogP contribution in [0.15, 0.2) is 22.6 Å². The van der Waals surface area contributed by atoms with Crippen LogP contribution in [0.5, 0.6) is 0 Å². The monoisotopic (exact) mass is 383 g/mol. The van der Waals surface area contributed by atoms with Gasteiger partial charge in [0.2, 0.25) is 5.89 Å². The third-order valence-electron chi connectivity index (χ3n) is 6.36. The van der Waals surface area contributed by atoms with Gasteiger partial charge in [0.15, 0.2) is 0 Å². The van der Waals surface area contributed by atoms with Crippen molar-refractivity contribution in [3.63, 3.8) is 0 Å². The Morgan fingerprint density at radius 1 is 0.964 bits per heavy atom. The molecule has 2 saturated heterocycles. The van der Waals surface area contributed by atoms with Crippen LogP contribution in [0.1, 0.15) is 37.8 Å². The molecule has 3 heterocycles. The standard InChI is InChI=1S/C22H33N5O/c1-16(2)25-11-13-26(14-12-25)19-7-9-27(10-8-19)22-24-23-21(28-22)20-6-5-17(3)15-18(20)4/h5-6,15-16,19H,7-14H2,1-4H3. The van der Waals surface area contributed by atoms with Gasteiger partial charge in [0.1, 0.15) is 0 Å². The SMILES string of the molecule is Cc1ccc(-c2nnc(N3CCC(N4CCN(C(C)C)CC4)CC3)o2)c(C)c1. The van der Waals surface area contributed by atoms with Crippen molar-refractivity contribution in [1.29, 1.82) is 0 Å². The van der Waals surface area contributed by atoms with E-state index in [0.717, 1.165) is 18.7 Å². The summed E-state index contributed by atoms with van der Waals surface area (Å²) < 4.78 is 6.03. The van der Waals surface area contributed by atoms with Crippen molar-refractivity contribution in [3.05, 3.63) is 29.3 Å². The smallest absolute Gasteiger partial charge is 0.318 e. The summed E-state index contributed by atoms with van der Waals surface area (Å²) in [5, 5.41) is 8.65. The molecular weight excluding hydrogens is 350 g/mol. The molecule has 0 atom stereocenters. The predicted octanol–water partition coefficient (Wildman–Crippen LogP) is 3.35. The second kappa shape index (κ2) is 8.21. The van der Waals surface area contributed by atoms with Crippen molar-refractivity contribution in [2.45, 2.75) is 52.6 Å². The maximum Gasteiger partial charge on any atom is 0.318 e. The third kappa shape index (κ3) is 4.08. The highest BCUT2D eigenvalue weighted by atomic mass is 16.4. The van der Waals surface area contributed by atoms with Crippen LogP contribution in [0, 0.1) is 13.8 Å². The van der Waals surface area contributed by atoms with Gasteiger partial charge in [-0.05, 0) is 52.2 Å². The number of anilines is 1. The predicted molar refractivity (Wildman–Crippen MR) is 113 cm³/mol. The summed E-state index contributed by atoms with van der Waals surface area (Å²) in [5.74, 6) is 0.624. The van der Waals surface area contributed by atoms with E-state index in [4.69, 9.17) is 4.42 Å². The number of benzene rings is 1. The Labute approximate surface area is 168 Å². The molecule has 6 nitrogen and oxygen atoms in total. The number of nitrogens with zero attached hydrogens (tertiary/aromatic N) is 5. The number of aryl methyl sites for hydroxylation is 2. The van der Waals surface area contributed by atoms with Gasteiger partial charge in [0, 0.05) is 56.9 Å². The number of rotatable bonds is 4. The van der Waals surface area contributed by atoms with Gasteiger partial charge in [-0.3, -0.25) is 9.80 Å². The van der Waals surface area contributed by atoms with E-state index in [1.165, 1.54) is 50.1 Å². The summed E-state index contributed by atoms with van der Waals surface area (Å²) in [6.45, 7) is 15.5. The van der Waals surface area contributed by atoms with E-state index in [0.29, 0.717) is 24.0 Å². The zero-order chi connectivity index (χ0) is 19.7. The van der Waals surface area contributed by atoms with Crippen LogP contribution in [0.3, 0.4) is 0 Å². The molecule has 0 saturated carbocycles. The van der Waals surface area contributed by atoms with Gasteiger partial charge in [-0.1, -0.05) is 22.8 Å². The van der Waals surface area contributed by atoms with Gasteiger partial charge in [-0.25, -0.2) is 0 Å². The van der Waals surface area contributed by atoms with E-state index in [2.05, 4.69) is 70.8 Å². The van der Waals surface area contributed by atoms with E-state index in [1.807, 2.05) is 0 Å². The number of aromatic nitrogens is 2. The second-order valence-electron chi connectivity index (χ2n) is 8.59. The van der Waals surface area contributed by atoms with Crippen molar-refractivity contribution < 1.29 is 4.42 Å². The van der Waals surface area contributed by atoms with Crippen LogP contribution in [-0.4, -0.2) is 71.3 Å². The van der Waals surface area contributed by atoms with Gasteiger partial charge in [0.05, 0.1) is 0 Å². The van der Waals surface area contributed by atoms with Crippen molar-refractivity contribution in [1.82, 2.24) is 20.0 Å². The van der Waals surface area contributed by atoms with Crippen LogP contribution >= 0.6 is 0 Å². The highest BCUT2D eigenvalue weighted by molar-refractivity contribution is 5.59. The zero-order valence-corrected chi connectivity index (χ0v) is 17.7. The van der Waals surface area contributed by atoms with E-state index >= 15 is 0 Å². The minimum absolute atomic E-state index is 0.624. The first kappa shape index (κ1) is 19.4. The molecule has 1 aromatic heterocycles. The van der Waals surface area contributed by atoms with Crippen LogP contribution < -0.4 is 4.90 Å². The molecule has 0 bridgehead atoms. The maximum atomic E-state index is 6.03. The summed E-state index contributed by atoms with van der Waals surface area (Å²) in [4.78, 5) is 7.52. The summed E-state index contributed by atoms with van der Waals surface area (Å²) in [6.07, 6.45) is 2.34. The molecule has 2 aromatic rings. The van der Waals surface area contributed by atoms with Gasteiger partial charge < -0.3 is 9.32 Å².